The van der Waals surface area contributed by atoms with Gasteiger partial charge in [-0.1, -0.05) is 35.3 Å². The van der Waals surface area contributed by atoms with Gasteiger partial charge in [-0.15, -0.1) is 5.10 Å². The first-order valence-electron chi connectivity index (χ1n) is 10.8. The molecule has 186 valence electrons. The zero-order valence-corrected chi connectivity index (χ0v) is 20.7. The summed E-state index contributed by atoms with van der Waals surface area (Å²) >= 11 is 12.6. The molecule has 0 bridgehead atoms. The molecule has 0 aliphatic carbocycles. The van der Waals surface area contributed by atoms with Gasteiger partial charge >= 0.3 is 6.09 Å². The van der Waals surface area contributed by atoms with Crippen molar-refractivity contribution in [2.24, 2.45) is 0 Å². The summed E-state index contributed by atoms with van der Waals surface area (Å²) in [5.74, 6) is 0.503. The van der Waals surface area contributed by atoms with Crippen LogP contribution in [0.5, 0.6) is 0 Å². The molecule has 13 heteroatoms. The number of halogens is 2. The summed E-state index contributed by atoms with van der Waals surface area (Å²) in [6, 6.07) is 15.5. The minimum absolute atomic E-state index is 0.177. The molecule has 1 amide bonds. The van der Waals surface area contributed by atoms with Crippen molar-refractivity contribution in [3.8, 4) is 28.1 Å². The van der Waals surface area contributed by atoms with E-state index in [4.69, 9.17) is 23.2 Å². The van der Waals surface area contributed by atoms with E-state index in [1.54, 1.807) is 54.7 Å². The molecule has 0 saturated carbocycles. The third-order valence-corrected chi connectivity index (χ3v) is 5.99. The smallest absolute Gasteiger partial charge is 0.411 e. The number of ether oxygens (including phenoxy) is 1. The number of anilines is 1. The topological polar surface area (TPSA) is 133 Å². The molecule has 3 aromatic heterocycles. The number of benzene rings is 2. The Morgan fingerprint density at radius 1 is 1.08 bits per heavy atom. The number of nitrogens with zero attached hydrogens (tertiary/aromatic N) is 6. The van der Waals surface area contributed by atoms with Crippen LogP contribution in [0.3, 0.4) is 0 Å². The van der Waals surface area contributed by atoms with Gasteiger partial charge in [0.2, 0.25) is 0 Å². The molecule has 0 radical (unpaired) electrons. The number of hydrogen-bond donors (Lipinski definition) is 2. The number of aromatic nitrogens is 7. The first-order valence-corrected chi connectivity index (χ1v) is 11.6. The van der Waals surface area contributed by atoms with Crippen molar-refractivity contribution in [2.45, 2.75) is 6.54 Å². The molecule has 0 spiro atoms. The van der Waals surface area contributed by atoms with Gasteiger partial charge in [-0.3, -0.25) is 10.1 Å². The third-order valence-electron chi connectivity index (χ3n) is 5.48. The van der Waals surface area contributed by atoms with E-state index in [9.17, 15) is 9.59 Å². The first-order chi connectivity index (χ1) is 17.9. The van der Waals surface area contributed by atoms with Gasteiger partial charge in [-0.05, 0) is 52.4 Å². The average Bonchev–Trinajstić information content (AvgIpc) is 3.55. The lowest BCUT2D eigenvalue weighted by molar-refractivity contribution is 0.187. The number of imidazole rings is 1. The molecule has 5 rings (SSSR count). The van der Waals surface area contributed by atoms with E-state index in [2.05, 4.69) is 35.5 Å². The highest BCUT2D eigenvalue weighted by molar-refractivity contribution is 6.32. The van der Waals surface area contributed by atoms with Crippen molar-refractivity contribution >= 4 is 35.0 Å². The van der Waals surface area contributed by atoms with Gasteiger partial charge in [0.25, 0.3) is 5.56 Å². The molecular weight excluding hydrogens is 519 g/mol. The lowest BCUT2D eigenvalue weighted by atomic mass is 10.0. The second kappa shape index (κ2) is 10.2. The maximum absolute atomic E-state index is 13.0. The van der Waals surface area contributed by atoms with Crippen LogP contribution >= 0.6 is 23.2 Å². The molecule has 0 fully saturated rings. The fraction of sp³-hybridized carbons (Fsp3) is 0.0833. The summed E-state index contributed by atoms with van der Waals surface area (Å²) in [6.45, 7) is 0.177. The van der Waals surface area contributed by atoms with Crippen molar-refractivity contribution < 1.29 is 9.53 Å². The van der Waals surface area contributed by atoms with E-state index >= 15 is 0 Å². The van der Waals surface area contributed by atoms with Crippen LogP contribution in [0.4, 0.5) is 10.5 Å². The Morgan fingerprint density at radius 3 is 2.59 bits per heavy atom. The Hall–Kier alpha value is -4.48. The molecule has 2 aromatic carbocycles. The second-order valence-corrected chi connectivity index (χ2v) is 8.65. The minimum atomic E-state index is -0.564. The van der Waals surface area contributed by atoms with Gasteiger partial charge in [-0.2, -0.15) is 4.68 Å². The van der Waals surface area contributed by atoms with Gasteiger partial charge in [0.1, 0.15) is 23.0 Å². The Labute approximate surface area is 219 Å². The molecule has 0 atom stereocenters. The molecule has 0 aliphatic heterocycles. The summed E-state index contributed by atoms with van der Waals surface area (Å²) in [7, 11) is 1.29. The van der Waals surface area contributed by atoms with E-state index in [1.165, 1.54) is 28.8 Å². The van der Waals surface area contributed by atoms with Gasteiger partial charge < -0.3 is 14.3 Å². The van der Waals surface area contributed by atoms with Crippen LogP contribution in [0.1, 0.15) is 5.82 Å². The highest BCUT2D eigenvalue weighted by atomic mass is 35.5. The van der Waals surface area contributed by atoms with Gasteiger partial charge in [0.15, 0.2) is 0 Å². The Morgan fingerprint density at radius 2 is 1.89 bits per heavy atom. The number of aromatic amines is 1. The number of H-pyrrole nitrogens is 1. The standard InChI is InChI=1S/C24H18Cl2N8O3/c1-37-24(36)28-17-5-2-14(3-6-17)22-23(26)30-20(29-22)12-33-9-8-15(10-21(33)35)18-11-16(25)4-7-19(18)34-13-27-31-32-34/h2-11,13H,12H2,1H3,(H,28,36)(H,29,30). The van der Waals surface area contributed by atoms with E-state index in [0.717, 1.165) is 5.56 Å². The molecule has 0 unspecified atom stereocenters. The average molecular weight is 537 g/mol. The van der Waals surface area contributed by atoms with Crippen LogP contribution in [-0.2, 0) is 11.3 Å². The maximum atomic E-state index is 13.0. The van der Waals surface area contributed by atoms with E-state index < -0.39 is 6.09 Å². The molecule has 11 nitrogen and oxygen atoms in total. The van der Waals surface area contributed by atoms with Gasteiger partial charge in [-0.25, -0.2) is 9.78 Å². The largest absolute Gasteiger partial charge is 0.453 e. The number of rotatable bonds is 6. The van der Waals surface area contributed by atoms with Crippen LogP contribution in [0.15, 0.2) is 71.9 Å². The van der Waals surface area contributed by atoms with Crippen LogP contribution in [-0.4, -0.2) is 47.9 Å². The quantitative estimate of drug-likeness (QED) is 0.328. The minimum Gasteiger partial charge on any atom is -0.453 e. The molecule has 37 heavy (non-hydrogen) atoms. The number of methoxy groups -OCH3 is 1. The highest BCUT2D eigenvalue weighted by Gasteiger charge is 2.14. The van der Waals surface area contributed by atoms with Crippen LogP contribution in [0.25, 0.3) is 28.1 Å². The Kier molecular flexibility index (Phi) is 6.71. The number of pyridine rings is 1. The van der Waals surface area contributed by atoms with Crippen LogP contribution in [0.2, 0.25) is 10.2 Å². The van der Waals surface area contributed by atoms with Gasteiger partial charge in [0, 0.05) is 34.1 Å². The summed E-state index contributed by atoms with van der Waals surface area (Å²) in [4.78, 5) is 31.9. The number of tetrazole rings is 1. The molecular formula is C24H18Cl2N8O3. The lowest BCUT2D eigenvalue weighted by Crippen LogP contribution is -2.19. The predicted molar refractivity (Wildman–Crippen MR) is 138 cm³/mol. The fourth-order valence-electron chi connectivity index (χ4n) is 3.72. The lowest BCUT2D eigenvalue weighted by Gasteiger charge is -2.11. The predicted octanol–water partition coefficient (Wildman–Crippen LogP) is 4.41. The highest BCUT2D eigenvalue weighted by Crippen LogP contribution is 2.29. The summed E-state index contributed by atoms with van der Waals surface area (Å²) in [5.41, 5.74) is 3.63. The summed E-state index contributed by atoms with van der Waals surface area (Å²) in [5, 5.41) is 14.7. The van der Waals surface area contributed by atoms with Crippen molar-refractivity contribution in [3.63, 3.8) is 0 Å². The van der Waals surface area contributed by atoms with Crippen molar-refractivity contribution in [1.82, 2.24) is 34.7 Å². The Bertz CT molecular complexity index is 1630. The van der Waals surface area contributed by atoms with E-state index in [0.29, 0.717) is 44.2 Å². The third kappa shape index (κ3) is 5.22. The first kappa shape index (κ1) is 24.2. The molecule has 0 saturated heterocycles. The van der Waals surface area contributed by atoms with Crippen LogP contribution < -0.4 is 10.9 Å². The summed E-state index contributed by atoms with van der Waals surface area (Å²) in [6.07, 6.45) is 2.58. The molecule has 2 N–H and O–H groups in total. The monoisotopic (exact) mass is 536 g/mol. The van der Waals surface area contributed by atoms with Gasteiger partial charge in [0.05, 0.1) is 19.3 Å². The molecule has 5 aromatic rings. The number of carbonyl (C=O) groups excluding carboxylic acids is 1. The summed E-state index contributed by atoms with van der Waals surface area (Å²) < 4.78 is 7.60. The fourth-order valence-corrected chi connectivity index (χ4v) is 4.16. The number of amides is 1. The van der Waals surface area contributed by atoms with E-state index in [-0.39, 0.29) is 12.1 Å². The Balaban J connectivity index is 1.39. The van der Waals surface area contributed by atoms with Crippen molar-refractivity contribution in [3.05, 3.63) is 93.5 Å². The number of carbonyl (C=O) groups is 1. The number of hydrogen-bond acceptors (Lipinski definition) is 7. The zero-order chi connectivity index (χ0) is 25.9. The van der Waals surface area contributed by atoms with E-state index in [1.807, 2.05) is 0 Å². The van der Waals surface area contributed by atoms with Crippen LogP contribution in [0, 0.1) is 0 Å². The normalized spacial score (nSPS) is 10.9. The molecule has 0 aliphatic rings. The number of nitrogens with one attached hydrogen (secondary N) is 2. The SMILES string of the molecule is COC(=O)Nc1ccc(-c2nc(Cn3ccc(-c4cc(Cl)ccc4-n4cnnn4)cc3=O)[nH]c2Cl)cc1. The zero-order valence-electron chi connectivity index (χ0n) is 19.2. The van der Waals surface area contributed by atoms with Crippen molar-refractivity contribution in [1.29, 1.82) is 0 Å². The molecule has 3 heterocycles. The second-order valence-electron chi connectivity index (χ2n) is 7.84. The maximum Gasteiger partial charge on any atom is 0.411 e. The van der Waals surface area contributed by atoms with Crippen molar-refractivity contribution in [2.75, 3.05) is 12.4 Å².